The van der Waals surface area contributed by atoms with Gasteiger partial charge in [0.1, 0.15) is 17.5 Å². The van der Waals surface area contributed by atoms with Crippen LogP contribution in [0, 0.1) is 17.2 Å². The van der Waals surface area contributed by atoms with Gasteiger partial charge >= 0.3 is 0 Å². The summed E-state index contributed by atoms with van der Waals surface area (Å²) in [5.41, 5.74) is 0.436. The molecule has 2 heterocycles. The van der Waals surface area contributed by atoms with Crippen molar-refractivity contribution >= 4 is 17.7 Å². The molecular formula is C19H28N6O2. The number of anilines is 2. The van der Waals surface area contributed by atoms with Gasteiger partial charge in [-0.05, 0) is 38.5 Å². The van der Waals surface area contributed by atoms with Crippen molar-refractivity contribution in [1.82, 2.24) is 14.9 Å². The summed E-state index contributed by atoms with van der Waals surface area (Å²) in [6.45, 7) is 1.42. The van der Waals surface area contributed by atoms with Gasteiger partial charge in [0.05, 0.1) is 18.8 Å². The van der Waals surface area contributed by atoms with Gasteiger partial charge in [-0.25, -0.2) is 4.98 Å². The summed E-state index contributed by atoms with van der Waals surface area (Å²) < 4.78 is 5.49. The monoisotopic (exact) mass is 372 g/mol. The predicted molar refractivity (Wildman–Crippen MR) is 102 cm³/mol. The van der Waals surface area contributed by atoms with E-state index >= 15 is 0 Å². The maximum atomic E-state index is 12.1. The van der Waals surface area contributed by atoms with Gasteiger partial charge in [0, 0.05) is 32.7 Å². The standard InChI is InChI=1S/C19H28N6O2/c1-25(2)18(26)13-5-7-15(8-6-13)23-19-21-11-14(10-20)17(24-19)22-16-4-3-9-27-12-16/h11,13,15-16H,3-9,12H2,1-2H3,(H2,21,22,23,24)/t13?,15?,16-/m1/s1. The summed E-state index contributed by atoms with van der Waals surface area (Å²) in [7, 11) is 3.62. The van der Waals surface area contributed by atoms with Crippen LogP contribution in [0.15, 0.2) is 6.20 Å². The molecule has 3 rings (SSSR count). The number of nitriles is 1. The highest BCUT2D eigenvalue weighted by atomic mass is 16.5. The van der Waals surface area contributed by atoms with Crippen molar-refractivity contribution in [2.75, 3.05) is 37.9 Å². The van der Waals surface area contributed by atoms with Crippen molar-refractivity contribution < 1.29 is 9.53 Å². The van der Waals surface area contributed by atoms with Crippen LogP contribution in [0.1, 0.15) is 44.1 Å². The van der Waals surface area contributed by atoms with Crippen LogP contribution in [-0.2, 0) is 9.53 Å². The van der Waals surface area contributed by atoms with Crippen molar-refractivity contribution in [1.29, 1.82) is 5.26 Å². The Hall–Kier alpha value is -2.40. The molecule has 0 bridgehead atoms. The first-order valence-corrected chi connectivity index (χ1v) is 9.66. The van der Waals surface area contributed by atoms with E-state index in [1.807, 2.05) is 14.1 Å². The molecule has 2 fully saturated rings. The highest BCUT2D eigenvalue weighted by Gasteiger charge is 2.27. The highest BCUT2D eigenvalue weighted by Crippen LogP contribution is 2.27. The van der Waals surface area contributed by atoms with E-state index in [9.17, 15) is 10.1 Å². The fourth-order valence-corrected chi connectivity index (χ4v) is 3.72. The summed E-state index contributed by atoms with van der Waals surface area (Å²) in [4.78, 5) is 22.6. The van der Waals surface area contributed by atoms with Crippen LogP contribution in [0.5, 0.6) is 0 Å². The van der Waals surface area contributed by atoms with Crippen LogP contribution >= 0.6 is 0 Å². The van der Waals surface area contributed by atoms with E-state index in [0.29, 0.717) is 23.9 Å². The molecule has 146 valence electrons. The number of carbonyl (C=O) groups is 1. The third kappa shape index (κ3) is 5.07. The average Bonchev–Trinajstić information content (AvgIpc) is 2.69. The fraction of sp³-hybridized carbons (Fsp3) is 0.684. The van der Waals surface area contributed by atoms with Crippen LogP contribution in [0.4, 0.5) is 11.8 Å². The molecule has 8 heteroatoms. The van der Waals surface area contributed by atoms with Gasteiger partial charge in [0.2, 0.25) is 11.9 Å². The minimum absolute atomic E-state index is 0.114. The maximum absolute atomic E-state index is 12.1. The molecule has 1 atom stereocenters. The number of rotatable bonds is 5. The summed E-state index contributed by atoms with van der Waals surface area (Å²) in [6.07, 6.45) is 7.12. The van der Waals surface area contributed by atoms with E-state index in [0.717, 1.165) is 45.1 Å². The van der Waals surface area contributed by atoms with Crippen molar-refractivity contribution in [3.63, 3.8) is 0 Å². The molecule has 1 saturated carbocycles. The number of hydrogen-bond donors (Lipinski definition) is 2. The van der Waals surface area contributed by atoms with E-state index in [4.69, 9.17) is 4.74 Å². The van der Waals surface area contributed by atoms with Crippen molar-refractivity contribution in [2.24, 2.45) is 5.92 Å². The fourth-order valence-electron chi connectivity index (χ4n) is 3.72. The van der Waals surface area contributed by atoms with Gasteiger partial charge in [0.25, 0.3) is 0 Å². The zero-order valence-electron chi connectivity index (χ0n) is 16.1. The summed E-state index contributed by atoms with van der Waals surface area (Å²) in [5.74, 6) is 1.41. The second kappa shape index (κ2) is 9.00. The largest absolute Gasteiger partial charge is 0.379 e. The van der Waals surface area contributed by atoms with Crippen molar-refractivity contribution in [3.05, 3.63) is 11.8 Å². The molecule has 1 saturated heterocycles. The topological polar surface area (TPSA) is 103 Å². The molecule has 1 aliphatic carbocycles. The zero-order valence-corrected chi connectivity index (χ0v) is 16.1. The molecule has 0 spiro atoms. The molecule has 2 aliphatic rings. The van der Waals surface area contributed by atoms with E-state index < -0.39 is 0 Å². The minimum atomic E-state index is 0.114. The number of aromatic nitrogens is 2. The lowest BCUT2D eigenvalue weighted by Crippen LogP contribution is -2.35. The highest BCUT2D eigenvalue weighted by molar-refractivity contribution is 5.78. The Balaban J connectivity index is 1.60. The predicted octanol–water partition coefficient (Wildman–Crippen LogP) is 2.00. The van der Waals surface area contributed by atoms with E-state index in [1.165, 1.54) is 0 Å². The Morgan fingerprint density at radius 3 is 2.63 bits per heavy atom. The second-order valence-corrected chi connectivity index (χ2v) is 7.55. The number of ether oxygens (including phenoxy) is 1. The second-order valence-electron chi connectivity index (χ2n) is 7.55. The third-order valence-electron chi connectivity index (χ3n) is 5.26. The smallest absolute Gasteiger partial charge is 0.225 e. The lowest BCUT2D eigenvalue weighted by molar-refractivity contribution is -0.133. The average molecular weight is 372 g/mol. The molecule has 2 N–H and O–H groups in total. The van der Waals surface area contributed by atoms with Gasteiger partial charge in [-0.3, -0.25) is 4.79 Å². The number of nitrogens with one attached hydrogen (secondary N) is 2. The van der Waals surface area contributed by atoms with Crippen molar-refractivity contribution in [2.45, 2.75) is 50.6 Å². The zero-order chi connectivity index (χ0) is 19.2. The molecule has 0 aromatic carbocycles. The summed E-state index contributed by atoms with van der Waals surface area (Å²) >= 11 is 0. The van der Waals surface area contributed by atoms with Crippen LogP contribution in [0.25, 0.3) is 0 Å². The maximum Gasteiger partial charge on any atom is 0.225 e. The minimum Gasteiger partial charge on any atom is -0.379 e. The van der Waals surface area contributed by atoms with E-state index in [-0.39, 0.29) is 23.9 Å². The van der Waals surface area contributed by atoms with Crippen molar-refractivity contribution in [3.8, 4) is 6.07 Å². The molecule has 27 heavy (non-hydrogen) atoms. The molecule has 1 aliphatic heterocycles. The van der Waals surface area contributed by atoms with Crippen LogP contribution in [0.2, 0.25) is 0 Å². The first-order valence-electron chi connectivity index (χ1n) is 9.66. The van der Waals surface area contributed by atoms with Gasteiger partial charge < -0.3 is 20.3 Å². The van der Waals surface area contributed by atoms with Crippen LogP contribution < -0.4 is 10.6 Å². The quantitative estimate of drug-likeness (QED) is 0.815. The molecule has 1 aromatic rings. The summed E-state index contributed by atoms with van der Waals surface area (Å²) in [5, 5.41) is 16.0. The lowest BCUT2D eigenvalue weighted by Gasteiger charge is -2.30. The first-order chi connectivity index (χ1) is 13.1. The normalized spacial score (nSPS) is 25.3. The Morgan fingerprint density at radius 1 is 1.22 bits per heavy atom. The Kier molecular flexibility index (Phi) is 6.45. The lowest BCUT2D eigenvalue weighted by atomic mass is 9.85. The number of nitrogens with zero attached hydrogens (tertiary/aromatic N) is 4. The number of carbonyl (C=O) groups excluding carboxylic acids is 1. The third-order valence-corrected chi connectivity index (χ3v) is 5.26. The molecular weight excluding hydrogens is 344 g/mol. The molecule has 0 unspecified atom stereocenters. The molecule has 8 nitrogen and oxygen atoms in total. The Bertz CT molecular complexity index is 688. The number of amides is 1. The van der Waals surface area contributed by atoms with Gasteiger partial charge in [-0.2, -0.15) is 10.2 Å². The van der Waals surface area contributed by atoms with Gasteiger partial charge in [-0.1, -0.05) is 0 Å². The van der Waals surface area contributed by atoms with E-state index in [1.54, 1.807) is 11.1 Å². The van der Waals surface area contributed by atoms with Gasteiger partial charge in [0.15, 0.2) is 0 Å². The van der Waals surface area contributed by atoms with E-state index in [2.05, 4.69) is 26.7 Å². The summed E-state index contributed by atoms with van der Waals surface area (Å²) in [6, 6.07) is 2.56. The number of hydrogen-bond acceptors (Lipinski definition) is 7. The molecule has 1 amide bonds. The SMILES string of the molecule is CN(C)C(=O)C1CCC(Nc2ncc(C#N)c(N[C@@H]3CCCOC3)n2)CC1. The van der Waals surface area contributed by atoms with Gasteiger partial charge in [-0.15, -0.1) is 0 Å². The van der Waals surface area contributed by atoms with Crippen LogP contribution in [0.3, 0.4) is 0 Å². The Morgan fingerprint density at radius 2 is 2.00 bits per heavy atom. The molecule has 1 aromatic heterocycles. The molecule has 0 radical (unpaired) electrons. The Labute approximate surface area is 160 Å². The van der Waals surface area contributed by atoms with Crippen LogP contribution in [-0.4, -0.2) is 60.2 Å². The first kappa shape index (κ1) is 19.4.